The Kier molecular flexibility index (Phi) is 9.21. The molecule has 2 aromatic carbocycles. The normalized spacial score (nSPS) is 18.3. The van der Waals surface area contributed by atoms with Crippen molar-refractivity contribution in [1.29, 1.82) is 0 Å². The SMILES string of the molecule is CC1(NC(=O)O)C=CN(c2cnc(Sc3cccc(NC(=O)c4ccc5c(c4)CC(N4CCN(c6ccc(Cl)nn6)CC4)C5)c3)cn2)C=C1. The van der Waals surface area contributed by atoms with E-state index in [4.69, 9.17) is 16.7 Å². The van der Waals surface area contributed by atoms with E-state index in [2.05, 4.69) is 46.7 Å². The summed E-state index contributed by atoms with van der Waals surface area (Å²) in [4.78, 5) is 40.9. The fourth-order valence-electron chi connectivity index (χ4n) is 6.29. The number of carbonyl (C=O) groups is 2. The van der Waals surface area contributed by atoms with Gasteiger partial charge >= 0.3 is 6.09 Å². The Hall–Kier alpha value is -4.98. The number of rotatable bonds is 8. The Morgan fingerprint density at radius 2 is 1.71 bits per heavy atom. The lowest BCUT2D eigenvalue weighted by Crippen LogP contribution is -2.51. The topological polar surface area (TPSA) is 140 Å². The second-order valence-electron chi connectivity index (χ2n) is 12.3. The van der Waals surface area contributed by atoms with Gasteiger partial charge in [-0.1, -0.05) is 35.5 Å². The van der Waals surface area contributed by atoms with E-state index >= 15 is 0 Å². The quantitative estimate of drug-likeness (QED) is 0.216. The van der Waals surface area contributed by atoms with Crippen LogP contribution >= 0.6 is 23.4 Å². The smallest absolute Gasteiger partial charge is 0.405 e. The Bertz CT molecular complexity index is 1900. The molecule has 3 aliphatic rings. The second-order valence-corrected chi connectivity index (χ2v) is 13.8. The van der Waals surface area contributed by atoms with Crippen molar-refractivity contribution in [1.82, 2.24) is 30.4 Å². The van der Waals surface area contributed by atoms with Gasteiger partial charge in [-0.25, -0.2) is 14.8 Å². The minimum atomic E-state index is -1.10. The summed E-state index contributed by atoms with van der Waals surface area (Å²) in [5, 5.41) is 23.9. The lowest BCUT2D eigenvalue weighted by atomic mass is 10.0. The van der Waals surface area contributed by atoms with E-state index in [0.29, 0.717) is 33.3 Å². The van der Waals surface area contributed by atoms with Crippen LogP contribution in [0.2, 0.25) is 5.15 Å². The largest absolute Gasteiger partial charge is 0.465 e. The number of nitrogens with one attached hydrogen (secondary N) is 2. The molecule has 7 rings (SSSR count). The number of carbonyl (C=O) groups excluding carboxylic acids is 1. The zero-order chi connectivity index (χ0) is 34.0. The molecule has 2 amide bonds. The van der Waals surface area contributed by atoms with Crippen LogP contribution in [-0.2, 0) is 12.8 Å². The molecule has 12 nitrogen and oxygen atoms in total. The van der Waals surface area contributed by atoms with Crippen molar-refractivity contribution in [2.75, 3.05) is 41.3 Å². The van der Waals surface area contributed by atoms with Crippen molar-refractivity contribution in [3.05, 3.63) is 113 Å². The van der Waals surface area contributed by atoms with Crippen molar-refractivity contribution in [2.24, 2.45) is 0 Å². The zero-order valence-electron chi connectivity index (χ0n) is 26.7. The number of anilines is 3. The summed E-state index contributed by atoms with van der Waals surface area (Å²) in [5.41, 5.74) is 3.09. The van der Waals surface area contributed by atoms with Gasteiger partial charge in [0.05, 0.1) is 17.9 Å². The molecule has 49 heavy (non-hydrogen) atoms. The van der Waals surface area contributed by atoms with Crippen LogP contribution in [0, 0.1) is 0 Å². The minimum Gasteiger partial charge on any atom is -0.465 e. The lowest BCUT2D eigenvalue weighted by Gasteiger charge is -2.38. The van der Waals surface area contributed by atoms with Gasteiger partial charge in [0.2, 0.25) is 0 Å². The third-order valence-electron chi connectivity index (χ3n) is 8.88. The summed E-state index contributed by atoms with van der Waals surface area (Å²) in [6.07, 6.45) is 11.1. The van der Waals surface area contributed by atoms with Gasteiger partial charge in [0.25, 0.3) is 5.91 Å². The Labute approximate surface area is 292 Å². The van der Waals surface area contributed by atoms with Crippen LogP contribution in [0.15, 0.2) is 101 Å². The van der Waals surface area contributed by atoms with Crippen molar-refractivity contribution < 1.29 is 14.7 Å². The van der Waals surface area contributed by atoms with Gasteiger partial charge in [0.1, 0.15) is 5.03 Å². The number of fused-ring (bicyclic) bond motifs is 1. The summed E-state index contributed by atoms with van der Waals surface area (Å²) in [5.74, 6) is 1.31. The van der Waals surface area contributed by atoms with Gasteiger partial charge in [0.15, 0.2) is 16.8 Å². The highest BCUT2D eigenvalue weighted by Gasteiger charge is 2.30. The molecular weight excluding hydrogens is 662 g/mol. The van der Waals surface area contributed by atoms with Gasteiger partial charge in [0, 0.05) is 60.8 Å². The predicted octanol–water partition coefficient (Wildman–Crippen LogP) is 5.49. The Morgan fingerprint density at radius 3 is 2.43 bits per heavy atom. The fraction of sp³-hybridized carbons (Fsp3) is 0.257. The number of aromatic nitrogens is 4. The van der Waals surface area contributed by atoms with E-state index in [9.17, 15) is 9.59 Å². The first kappa shape index (κ1) is 32.6. The molecule has 1 atom stereocenters. The number of hydrogen-bond acceptors (Lipinski definition) is 10. The maximum atomic E-state index is 13.3. The Morgan fingerprint density at radius 1 is 0.918 bits per heavy atom. The molecule has 0 radical (unpaired) electrons. The third kappa shape index (κ3) is 7.69. The highest BCUT2D eigenvalue weighted by atomic mass is 35.5. The first-order chi connectivity index (χ1) is 23.7. The summed E-state index contributed by atoms with van der Waals surface area (Å²) >= 11 is 7.34. The molecule has 14 heteroatoms. The predicted molar refractivity (Wildman–Crippen MR) is 189 cm³/mol. The van der Waals surface area contributed by atoms with Crippen LogP contribution in [0.4, 0.5) is 22.1 Å². The number of amides is 2. The highest BCUT2D eigenvalue weighted by molar-refractivity contribution is 7.99. The van der Waals surface area contributed by atoms with Gasteiger partial charge in [-0.15, -0.1) is 10.2 Å². The van der Waals surface area contributed by atoms with Crippen LogP contribution in [-0.4, -0.2) is 79.9 Å². The maximum absolute atomic E-state index is 13.3. The van der Waals surface area contributed by atoms with Crippen molar-refractivity contribution in [2.45, 2.75) is 41.3 Å². The van der Waals surface area contributed by atoms with E-state index in [1.165, 1.54) is 22.9 Å². The van der Waals surface area contributed by atoms with Gasteiger partial charge in [-0.05, 0) is 85.5 Å². The molecule has 0 bridgehead atoms. The molecule has 3 N–H and O–H groups in total. The van der Waals surface area contributed by atoms with Crippen LogP contribution < -0.4 is 20.4 Å². The molecular formula is C35H34ClN9O3S. The monoisotopic (exact) mass is 695 g/mol. The summed E-state index contributed by atoms with van der Waals surface area (Å²) < 4.78 is 0. The van der Waals surface area contributed by atoms with Crippen LogP contribution in [0.25, 0.3) is 0 Å². The highest BCUT2D eigenvalue weighted by Crippen LogP contribution is 2.31. The fourth-order valence-corrected chi connectivity index (χ4v) is 7.17. The van der Waals surface area contributed by atoms with Gasteiger partial charge in [-0.2, -0.15) is 0 Å². The molecule has 1 aliphatic carbocycles. The summed E-state index contributed by atoms with van der Waals surface area (Å²) in [6, 6.07) is 17.8. The molecule has 0 spiro atoms. The van der Waals surface area contributed by atoms with Crippen molar-refractivity contribution >= 4 is 52.7 Å². The molecule has 250 valence electrons. The van der Waals surface area contributed by atoms with E-state index < -0.39 is 11.6 Å². The molecule has 1 unspecified atom stereocenters. The van der Waals surface area contributed by atoms with Crippen LogP contribution in [0.1, 0.15) is 28.4 Å². The van der Waals surface area contributed by atoms with E-state index in [1.54, 1.807) is 54.8 Å². The summed E-state index contributed by atoms with van der Waals surface area (Å²) in [7, 11) is 0. The van der Waals surface area contributed by atoms with E-state index in [-0.39, 0.29) is 5.91 Å². The first-order valence-electron chi connectivity index (χ1n) is 15.9. The Balaban J connectivity index is 0.924. The molecule has 1 fully saturated rings. The number of nitrogens with zero attached hydrogens (tertiary/aromatic N) is 7. The van der Waals surface area contributed by atoms with Crippen molar-refractivity contribution in [3.63, 3.8) is 0 Å². The minimum absolute atomic E-state index is 0.146. The number of benzene rings is 2. The third-order valence-corrected chi connectivity index (χ3v) is 10.00. The van der Waals surface area contributed by atoms with E-state index in [1.807, 2.05) is 42.5 Å². The number of piperazine rings is 1. The summed E-state index contributed by atoms with van der Waals surface area (Å²) in [6.45, 7) is 5.42. The van der Waals surface area contributed by atoms with Gasteiger partial charge in [-0.3, -0.25) is 9.69 Å². The van der Waals surface area contributed by atoms with Gasteiger partial charge < -0.3 is 25.5 Å². The molecule has 1 saturated heterocycles. The van der Waals surface area contributed by atoms with Crippen molar-refractivity contribution in [3.8, 4) is 0 Å². The average molecular weight is 696 g/mol. The maximum Gasteiger partial charge on any atom is 0.405 e. The number of carboxylic acid groups (broad SMARTS) is 1. The second kappa shape index (κ2) is 13.9. The first-order valence-corrected chi connectivity index (χ1v) is 17.1. The zero-order valence-corrected chi connectivity index (χ0v) is 28.2. The average Bonchev–Trinajstić information content (AvgIpc) is 3.53. The molecule has 4 heterocycles. The standard InChI is InChI=1S/C35H34ClN9O3S/c1-35(40-34(47)48)9-11-44(12-10-35)31-21-38-32(22-37-31)49-28-4-2-3-26(20-28)39-33(46)24-6-5-23-18-27(19-25(23)17-24)43-13-15-45(16-14-43)30-8-7-29(36)41-42-30/h2-12,17,20-22,27,40H,13-16,18-19H2,1H3,(H,39,46)(H,47,48). The lowest BCUT2D eigenvalue weighted by molar-refractivity contribution is 0.102. The molecule has 0 saturated carbocycles. The van der Waals surface area contributed by atoms with Crippen LogP contribution in [0.5, 0.6) is 0 Å². The molecule has 4 aromatic rings. The van der Waals surface area contributed by atoms with E-state index in [0.717, 1.165) is 49.7 Å². The number of hydrogen-bond donors (Lipinski definition) is 3. The molecule has 2 aliphatic heterocycles. The number of halogens is 1. The molecule has 2 aromatic heterocycles. The van der Waals surface area contributed by atoms with Crippen LogP contribution in [0.3, 0.4) is 0 Å².